The van der Waals surface area contributed by atoms with Crippen molar-refractivity contribution >= 4 is 11.7 Å². The van der Waals surface area contributed by atoms with Crippen molar-refractivity contribution < 1.29 is 14.6 Å². The van der Waals surface area contributed by atoms with Gasteiger partial charge >= 0.3 is 5.97 Å². The molecule has 1 aliphatic heterocycles. The fraction of sp³-hybridized carbons (Fsp3) is 0.100. The molecule has 1 N–H and O–H groups in total. The number of aliphatic hydroxyl groups is 1. The number of ether oxygens (including phenoxy) is 1. The first-order valence-electron chi connectivity index (χ1n) is 3.95. The van der Waals surface area contributed by atoms with E-state index >= 15 is 0 Å². The lowest BCUT2D eigenvalue weighted by atomic mass is 10.1. The second-order valence-electron chi connectivity index (χ2n) is 2.69. The first-order valence-corrected chi connectivity index (χ1v) is 3.95. The number of aliphatic hydroxyl groups excluding tert-OH is 1. The van der Waals surface area contributed by atoms with Crippen molar-refractivity contribution in [3.8, 4) is 0 Å². The second-order valence-corrected chi connectivity index (χ2v) is 2.69. The van der Waals surface area contributed by atoms with Crippen LogP contribution >= 0.6 is 0 Å². The predicted molar refractivity (Wildman–Crippen MR) is 46.9 cm³/mol. The number of carbonyl (C=O) groups excluding carboxylic acids is 1. The molecule has 66 valence electrons. The SMILES string of the molecule is O=C1OC(=CCO)c2ccccc21. The average molecular weight is 176 g/mol. The Labute approximate surface area is 75.3 Å². The van der Waals surface area contributed by atoms with Crippen LogP contribution in [0.1, 0.15) is 15.9 Å². The molecule has 1 aliphatic rings. The molecule has 0 aromatic heterocycles. The lowest BCUT2D eigenvalue weighted by molar-refractivity contribution is 0.0715. The van der Waals surface area contributed by atoms with E-state index in [4.69, 9.17) is 9.84 Å². The summed E-state index contributed by atoms with van der Waals surface area (Å²) in [6, 6.07) is 7.10. The van der Waals surface area contributed by atoms with E-state index in [1.54, 1.807) is 18.2 Å². The van der Waals surface area contributed by atoms with Gasteiger partial charge in [0.1, 0.15) is 5.76 Å². The maximum atomic E-state index is 11.2. The zero-order valence-corrected chi connectivity index (χ0v) is 6.86. The average Bonchev–Trinajstić information content (AvgIpc) is 2.46. The van der Waals surface area contributed by atoms with Crippen molar-refractivity contribution in [2.24, 2.45) is 0 Å². The van der Waals surface area contributed by atoms with Gasteiger partial charge in [0.25, 0.3) is 0 Å². The minimum absolute atomic E-state index is 0.128. The summed E-state index contributed by atoms with van der Waals surface area (Å²) in [4.78, 5) is 11.2. The third-order valence-electron chi connectivity index (χ3n) is 1.89. The molecule has 0 unspecified atom stereocenters. The first-order chi connectivity index (χ1) is 6.33. The summed E-state index contributed by atoms with van der Waals surface area (Å²) in [7, 11) is 0. The number of carbonyl (C=O) groups is 1. The largest absolute Gasteiger partial charge is 0.423 e. The Bertz CT molecular complexity index is 380. The normalized spacial score (nSPS) is 17.3. The zero-order valence-electron chi connectivity index (χ0n) is 6.86. The Hall–Kier alpha value is -1.61. The Balaban J connectivity index is 2.53. The van der Waals surface area contributed by atoms with Gasteiger partial charge in [0.2, 0.25) is 0 Å². The molecule has 3 nitrogen and oxygen atoms in total. The Morgan fingerprint density at radius 3 is 2.69 bits per heavy atom. The lowest BCUT2D eigenvalue weighted by Crippen LogP contribution is -1.92. The van der Waals surface area contributed by atoms with Crippen molar-refractivity contribution in [2.75, 3.05) is 6.61 Å². The van der Waals surface area contributed by atoms with E-state index in [-0.39, 0.29) is 12.6 Å². The number of cyclic esters (lactones) is 1. The highest BCUT2D eigenvalue weighted by Gasteiger charge is 2.24. The monoisotopic (exact) mass is 176 g/mol. The van der Waals surface area contributed by atoms with Crippen molar-refractivity contribution in [3.05, 3.63) is 41.5 Å². The van der Waals surface area contributed by atoms with Gasteiger partial charge in [-0.2, -0.15) is 0 Å². The van der Waals surface area contributed by atoms with Gasteiger partial charge in [0.15, 0.2) is 0 Å². The van der Waals surface area contributed by atoms with E-state index in [2.05, 4.69) is 0 Å². The molecule has 13 heavy (non-hydrogen) atoms. The highest BCUT2D eigenvalue weighted by atomic mass is 16.5. The van der Waals surface area contributed by atoms with Gasteiger partial charge in [-0.25, -0.2) is 4.79 Å². The molecule has 1 aromatic rings. The summed E-state index contributed by atoms with van der Waals surface area (Å²) in [5.41, 5.74) is 1.31. The summed E-state index contributed by atoms with van der Waals surface area (Å²) >= 11 is 0. The highest BCUT2D eigenvalue weighted by molar-refractivity contribution is 6.02. The number of benzene rings is 1. The number of esters is 1. The summed E-state index contributed by atoms with van der Waals surface area (Å²) < 4.78 is 4.93. The van der Waals surface area contributed by atoms with E-state index in [0.29, 0.717) is 11.3 Å². The first kappa shape index (κ1) is 8.01. The van der Waals surface area contributed by atoms with Crippen LogP contribution in [-0.2, 0) is 4.74 Å². The van der Waals surface area contributed by atoms with Gasteiger partial charge in [-0.15, -0.1) is 0 Å². The maximum Gasteiger partial charge on any atom is 0.344 e. The zero-order chi connectivity index (χ0) is 9.26. The molecular formula is C10H8O3. The molecule has 0 amide bonds. The van der Waals surface area contributed by atoms with E-state index in [1.807, 2.05) is 6.07 Å². The van der Waals surface area contributed by atoms with Crippen LogP contribution in [0.3, 0.4) is 0 Å². The third kappa shape index (κ3) is 1.23. The fourth-order valence-corrected chi connectivity index (χ4v) is 1.32. The summed E-state index contributed by atoms with van der Waals surface area (Å²) in [6.45, 7) is -0.128. The standard InChI is InChI=1S/C10H8O3/c11-6-5-9-7-3-1-2-4-8(7)10(12)13-9/h1-5,11H,6H2. The topological polar surface area (TPSA) is 46.5 Å². The molecule has 0 fully saturated rings. The molecule has 0 radical (unpaired) electrons. The molecule has 0 spiro atoms. The third-order valence-corrected chi connectivity index (χ3v) is 1.89. The van der Waals surface area contributed by atoms with Crippen LogP contribution in [0, 0.1) is 0 Å². The molecule has 1 heterocycles. The predicted octanol–water partition coefficient (Wildman–Crippen LogP) is 1.19. The van der Waals surface area contributed by atoms with E-state index < -0.39 is 0 Å². The molecule has 0 saturated carbocycles. The lowest BCUT2D eigenvalue weighted by Gasteiger charge is -1.94. The van der Waals surface area contributed by atoms with Crippen molar-refractivity contribution in [2.45, 2.75) is 0 Å². The van der Waals surface area contributed by atoms with Crippen molar-refractivity contribution in [1.29, 1.82) is 0 Å². The Morgan fingerprint density at radius 1 is 1.31 bits per heavy atom. The van der Waals surface area contributed by atoms with Crippen molar-refractivity contribution in [3.63, 3.8) is 0 Å². The van der Waals surface area contributed by atoms with Crippen LogP contribution in [0.15, 0.2) is 30.3 Å². The molecule has 0 saturated heterocycles. The second kappa shape index (κ2) is 3.03. The Kier molecular flexibility index (Phi) is 1.87. The van der Waals surface area contributed by atoms with Crippen LogP contribution in [-0.4, -0.2) is 17.7 Å². The van der Waals surface area contributed by atoms with Crippen LogP contribution in [0.2, 0.25) is 0 Å². The highest BCUT2D eigenvalue weighted by Crippen LogP contribution is 2.28. The summed E-state index contributed by atoms with van der Waals surface area (Å²) in [5, 5.41) is 8.67. The van der Waals surface area contributed by atoms with Crippen LogP contribution in [0.5, 0.6) is 0 Å². The van der Waals surface area contributed by atoms with Gasteiger partial charge in [-0.3, -0.25) is 0 Å². The fourth-order valence-electron chi connectivity index (χ4n) is 1.32. The van der Waals surface area contributed by atoms with Gasteiger partial charge in [-0.1, -0.05) is 18.2 Å². The molecule has 0 atom stereocenters. The Morgan fingerprint density at radius 2 is 2.00 bits per heavy atom. The van der Waals surface area contributed by atoms with Crippen LogP contribution in [0.4, 0.5) is 0 Å². The number of hydrogen-bond donors (Lipinski definition) is 1. The van der Waals surface area contributed by atoms with Gasteiger partial charge in [-0.05, 0) is 12.1 Å². The van der Waals surface area contributed by atoms with Crippen LogP contribution in [0.25, 0.3) is 5.76 Å². The van der Waals surface area contributed by atoms with Gasteiger partial charge in [0.05, 0.1) is 12.2 Å². The van der Waals surface area contributed by atoms with E-state index in [1.165, 1.54) is 6.08 Å². The molecule has 3 heteroatoms. The van der Waals surface area contributed by atoms with Crippen molar-refractivity contribution in [1.82, 2.24) is 0 Å². The molecule has 0 bridgehead atoms. The van der Waals surface area contributed by atoms with E-state index in [0.717, 1.165) is 5.56 Å². The number of hydrogen-bond acceptors (Lipinski definition) is 3. The smallest absolute Gasteiger partial charge is 0.344 e. The maximum absolute atomic E-state index is 11.2. The molecule has 0 aliphatic carbocycles. The number of fused-ring (bicyclic) bond motifs is 1. The van der Waals surface area contributed by atoms with Gasteiger partial charge < -0.3 is 9.84 Å². The quantitative estimate of drug-likeness (QED) is 0.654. The number of rotatable bonds is 1. The summed E-state index contributed by atoms with van der Waals surface area (Å²) in [6.07, 6.45) is 1.48. The van der Waals surface area contributed by atoms with Crippen LogP contribution < -0.4 is 0 Å². The minimum Gasteiger partial charge on any atom is -0.423 e. The molecular weight excluding hydrogens is 168 g/mol. The summed E-state index contributed by atoms with van der Waals surface area (Å²) in [5.74, 6) is 0.0957. The van der Waals surface area contributed by atoms with E-state index in [9.17, 15) is 4.79 Å². The molecule has 2 rings (SSSR count). The molecule has 1 aromatic carbocycles. The van der Waals surface area contributed by atoms with Gasteiger partial charge in [0, 0.05) is 5.56 Å². The minimum atomic E-state index is -0.352.